The molecule has 2 aliphatic rings. The number of nitrogens with one attached hydrogen (secondary N) is 2. The average molecular weight is 392 g/mol. The van der Waals surface area contributed by atoms with Gasteiger partial charge in [0.1, 0.15) is 5.02 Å². The highest BCUT2D eigenvalue weighted by Crippen LogP contribution is 2.40. The third-order valence-corrected chi connectivity index (χ3v) is 5.82. The summed E-state index contributed by atoms with van der Waals surface area (Å²) in [5.74, 6) is 2.56. The highest BCUT2D eigenvalue weighted by molar-refractivity contribution is 6.32. The molecule has 2 unspecified atom stereocenters. The van der Waals surface area contributed by atoms with Crippen LogP contribution in [0.2, 0.25) is 5.02 Å². The molecule has 1 saturated carbocycles. The zero-order chi connectivity index (χ0) is 19.1. The molecule has 2 aromatic rings. The maximum Gasteiger partial charge on any atom is 0.407 e. The molecule has 9 nitrogen and oxygen atoms in total. The van der Waals surface area contributed by atoms with Crippen LogP contribution < -0.4 is 10.2 Å². The number of H-pyrrole nitrogens is 1. The molecule has 0 spiro atoms. The summed E-state index contributed by atoms with van der Waals surface area (Å²) in [4.78, 5) is 23.7. The Balaban J connectivity index is 1.46. The number of fused-ring (bicyclic) bond motifs is 1. The number of anilines is 3. The van der Waals surface area contributed by atoms with Crippen LogP contribution in [0.15, 0.2) is 12.3 Å². The van der Waals surface area contributed by atoms with Gasteiger partial charge in [0.25, 0.3) is 0 Å². The molecule has 144 valence electrons. The largest absolute Gasteiger partial charge is 0.465 e. The molecule has 3 heterocycles. The first-order valence-corrected chi connectivity index (χ1v) is 9.30. The van der Waals surface area contributed by atoms with Crippen LogP contribution in [0, 0.1) is 18.8 Å². The van der Waals surface area contributed by atoms with Crippen molar-refractivity contribution in [1.29, 1.82) is 0 Å². The number of aromatic amines is 1. The number of likely N-dealkylation sites (tertiary alicyclic amines) is 1. The molecule has 2 atom stereocenters. The maximum atomic E-state index is 11.2. The Morgan fingerprint density at radius 1 is 1.41 bits per heavy atom. The van der Waals surface area contributed by atoms with Gasteiger partial charge in [-0.25, -0.2) is 9.78 Å². The summed E-state index contributed by atoms with van der Waals surface area (Å²) in [5, 5.41) is 19.7. The molecule has 0 aromatic carbocycles. The molecule has 1 saturated heterocycles. The number of aromatic nitrogens is 4. The minimum atomic E-state index is -0.820. The van der Waals surface area contributed by atoms with Gasteiger partial charge in [0.15, 0.2) is 11.6 Å². The summed E-state index contributed by atoms with van der Waals surface area (Å²) in [5.41, 5.74) is 0.938. The van der Waals surface area contributed by atoms with Crippen LogP contribution in [0.25, 0.3) is 0 Å². The second-order valence-corrected chi connectivity index (χ2v) is 7.78. The predicted molar refractivity (Wildman–Crippen MR) is 102 cm³/mol. The summed E-state index contributed by atoms with van der Waals surface area (Å²) >= 11 is 6.24. The Morgan fingerprint density at radius 3 is 2.70 bits per heavy atom. The van der Waals surface area contributed by atoms with Crippen LogP contribution in [0.1, 0.15) is 18.5 Å². The lowest BCUT2D eigenvalue weighted by Crippen LogP contribution is -2.34. The highest BCUT2D eigenvalue weighted by Gasteiger charge is 2.44. The van der Waals surface area contributed by atoms with Gasteiger partial charge in [-0.1, -0.05) is 11.6 Å². The van der Waals surface area contributed by atoms with E-state index in [0.717, 1.165) is 18.5 Å². The molecule has 0 radical (unpaired) electrons. The third kappa shape index (κ3) is 3.51. The van der Waals surface area contributed by atoms with E-state index >= 15 is 0 Å². The molecule has 4 rings (SSSR count). The Labute approximate surface area is 161 Å². The second-order valence-electron chi connectivity index (χ2n) is 7.37. The van der Waals surface area contributed by atoms with Gasteiger partial charge in [0.2, 0.25) is 5.95 Å². The van der Waals surface area contributed by atoms with Crippen LogP contribution in [0.4, 0.5) is 22.4 Å². The van der Waals surface area contributed by atoms with Crippen molar-refractivity contribution in [2.45, 2.75) is 25.8 Å². The number of halogens is 1. The first kappa shape index (κ1) is 17.8. The van der Waals surface area contributed by atoms with Gasteiger partial charge >= 0.3 is 6.09 Å². The van der Waals surface area contributed by atoms with Gasteiger partial charge in [-0.05, 0) is 31.6 Å². The summed E-state index contributed by atoms with van der Waals surface area (Å²) in [6, 6.07) is 2.16. The van der Waals surface area contributed by atoms with Gasteiger partial charge < -0.3 is 20.2 Å². The number of nitrogens with zero attached hydrogens (tertiary/aromatic N) is 5. The first-order chi connectivity index (χ1) is 12.9. The van der Waals surface area contributed by atoms with E-state index in [1.165, 1.54) is 4.90 Å². The summed E-state index contributed by atoms with van der Waals surface area (Å²) in [6.07, 6.45) is 2.65. The van der Waals surface area contributed by atoms with Crippen molar-refractivity contribution in [3.63, 3.8) is 0 Å². The lowest BCUT2D eigenvalue weighted by molar-refractivity contribution is 0.152. The first-order valence-electron chi connectivity index (χ1n) is 8.93. The quantitative estimate of drug-likeness (QED) is 0.734. The van der Waals surface area contributed by atoms with Crippen molar-refractivity contribution in [3.8, 4) is 0 Å². The van der Waals surface area contributed by atoms with Gasteiger partial charge in [-0.15, -0.1) is 0 Å². The molecule has 27 heavy (non-hydrogen) atoms. The number of aryl methyl sites for hydroxylation is 1. The Bertz CT molecular complexity index is 844. The zero-order valence-electron chi connectivity index (χ0n) is 15.2. The molecule has 2 aromatic heterocycles. The van der Waals surface area contributed by atoms with E-state index in [2.05, 4.69) is 30.4 Å². The van der Waals surface area contributed by atoms with Crippen LogP contribution in [0.3, 0.4) is 0 Å². The summed E-state index contributed by atoms with van der Waals surface area (Å²) in [6.45, 7) is 3.16. The molecule has 2 fully saturated rings. The summed E-state index contributed by atoms with van der Waals surface area (Å²) < 4.78 is 0. The number of hydrogen-bond acceptors (Lipinski definition) is 6. The van der Waals surface area contributed by atoms with Crippen molar-refractivity contribution >= 4 is 35.3 Å². The number of amides is 1. The van der Waals surface area contributed by atoms with Crippen LogP contribution >= 0.6 is 11.6 Å². The minimum Gasteiger partial charge on any atom is -0.465 e. The Kier molecular flexibility index (Phi) is 4.55. The zero-order valence-corrected chi connectivity index (χ0v) is 15.9. The lowest BCUT2D eigenvalue weighted by Gasteiger charge is -2.26. The fraction of sp³-hybridized carbons (Fsp3) is 0.529. The van der Waals surface area contributed by atoms with Crippen molar-refractivity contribution in [2.75, 3.05) is 30.4 Å². The molecule has 1 aliphatic carbocycles. The molecular weight excluding hydrogens is 370 g/mol. The number of carboxylic acid groups (broad SMARTS) is 1. The van der Waals surface area contributed by atoms with E-state index in [1.54, 1.807) is 6.20 Å². The molecular formula is C17H22ClN7O2. The van der Waals surface area contributed by atoms with Crippen molar-refractivity contribution < 1.29 is 9.90 Å². The molecule has 1 aliphatic heterocycles. The van der Waals surface area contributed by atoms with Crippen LogP contribution in [-0.2, 0) is 0 Å². The maximum absolute atomic E-state index is 11.2. The lowest BCUT2D eigenvalue weighted by atomic mass is 10.0. The number of rotatable bonds is 4. The van der Waals surface area contributed by atoms with Gasteiger partial charge in [0, 0.05) is 37.9 Å². The SMILES string of the molecule is Cc1cc(Nc2nc(N(C)C3CC4CN(C(=O)O)CC4C3)ncc2Cl)n[nH]1. The van der Waals surface area contributed by atoms with E-state index in [0.29, 0.717) is 47.5 Å². The van der Waals surface area contributed by atoms with Crippen molar-refractivity contribution in [2.24, 2.45) is 11.8 Å². The van der Waals surface area contributed by atoms with E-state index in [-0.39, 0.29) is 6.04 Å². The van der Waals surface area contributed by atoms with Gasteiger partial charge in [-0.3, -0.25) is 5.10 Å². The van der Waals surface area contributed by atoms with Crippen LogP contribution in [0.5, 0.6) is 0 Å². The minimum absolute atomic E-state index is 0.289. The van der Waals surface area contributed by atoms with E-state index in [1.807, 2.05) is 20.0 Å². The van der Waals surface area contributed by atoms with Gasteiger partial charge in [0.05, 0.1) is 6.20 Å². The van der Waals surface area contributed by atoms with Gasteiger partial charge in [-0.2, -0.15) is 10.1 Å². The standard InChI is InChI=1S/C17H22ClN7O2/c1-9-3-14(23-22-9)20-15-13(18)6-19-16(21-15)24(2)12-4-10-7-25(17(26)27)8-11(10)5-12/h3,6,10-12H,4-5,7-8H2,1-2H3,(H,26,27)(H2,19,20,21,22,23). The van der Waals surface area contributed by atoms with E-state index in [4.69, 9.17) is 16.7 Å². The monoisotopic (exact) mass is 391 g/mol. The van der Waals surface area contributed by atoms with E-state index < -0.39 is 6.09 Å². The van der Waals surface area contributed by atoms with E-state index in [9.17, 15) is 4.79 Å². The topological polar surface area (TPSA) is 110 Å². The van der Waals surface area contributed by atoms with Crippen LogP contribution in [-0.4, -0.2) is 62.4 Å². The molecule has 0 bridgehead atoms. The predicted octanol–water partition coefficient (Wildman–Crippen LogP) is 2.73. The fourth-order valence-electron chi connectivity index (χ4n) is 4.12. The highest BCUT2D eigenvalue weighted by atomic mass is 35.5. The Morgan fingerprint density at radius 2 is 2.11 bits per heavy atom. The molecule has 3 N–H and O–H groups in total. The number of hydrogen-bond donors (Lipinski definition) is 3. The average Bonchev–Trinajstić information content (AvgIpc) is 3.30. The van der Waals surface area contributed by atoms with Crippen molar-refractivity contribution in [1.82, 2.24) is 25.1 Å². The molecule has 10 heteroatoms. The fourth-order valence-corrected chi connectivity index (χ4v) is 4.26. The molecule has 1 amide bonds. The van der Waals surface area contributed by atoms with Crippen molar-refractivity contribution in [3.05, 3.63) is 23.0 Å². The smallest absolute Gasteiger partial charge is 0.407 e. The summed E-state index contributed by atoms with van der Waals surface area (Å²) in [7, 11) is 1.98. The second kappa shape index (κ2) is 6.88. The third-order valence-electron chi connectivity index (χ3n) is 5.54. The Hall–Kier alpha value is -2.55. The number of carbonyl (C=O) groups is 1. The normalized spacial score (nSPS) is 24.1.